The Bertz CT molecular complexity index is 681. The lowest BCUT2D eigenvalue weighted by Gasteiger charge is -2.30. The Morgan fingerprint density at radius 3 is 1.94 bits per heavy atom. The summed E-state index contributed by atoms with van der Waals surface area (Å²) in [5.74, 6) is 3.73. The van der Waals surface area contributed by atoms with E-state index in [1.54, 1.807) is 13.8 Å². The molecule has 1 atom stereocenters. The van der Waals surface area contributed by atoms with Crippen LogP contribution in [0.4, 0.5) is 0 Å². The van der Waals surface area contributed by atoms with Crippen molar-refractivity contribution < 1.29 is 28.7 Å². The van der Waals surface area contributed by atoms with Gasteiger partial charge in [-0.15, -0.1) is 0 Å². The number of primary amides is 1. The molecule has 11 heteroatoms. The normalized spacial score (nSPS) is 12.8. The second-order valence-electron chi connectivity index (χ2n) is 10.3. The van der Waals surface area contributed by atoms with Crippen molar-refractivity contribution in [1.29, 1.82) is 0 Å². The summed E-state index contributed by atoms with van der Waals surface area (Å²) < 4.78 is 11.7. The molecule has 0 aliphatic rings. The molecule has 0 heterocycles. The summed E-state index contributed by atoms with van der Waals surface area (Å²) >= 11 is 0. The van der Waals surface area contributed by atoms with Crippen LogP contribution in [0.3, 0.4) is 0 Å². The summed E-state index contributed by atoms with van der Waals surface area (Å²) in [4.78, 5) is 46.6. The van der Waals surface area contributed by atoms with Crippen LogP contribution in [-0.2, 0) is 28.7 Å². The van der Waals surface area contributed by atoms with Crippen LogP contribution in [0, 0.1) is 5.92 Å². The average Bonchev–Trinajstić information content (AvgIpc) is 2.74. The Labute approximate surface area is 209 Å². The van der Waals surface area contributed by atoms with Gasteiger partial charge in [0, 0.05) is 19.4 Å². The quantitative estimate of drug-likeness (QED) is 0.0760. The number of hydrogen-bond acceptors (Lipinski definition) is 7. The molecule has 0 aliphatic carbocycles. The first-order chi connectivity index (χ1) is 16.2. The number of nitrogens with one attached hydrogen (secondary N) is 3. The Hall–Kier alpha value is -2.24. The first-order valence-electron chi connectivity index (χ1n) is 12.3. The molecule has 0 aromatic rings. The van der Waals surface area contributed by atoms with E-state index in [1.807, 2.05) is 27.7 Å². The minimum Gasteiger partial charge on any atom is -0.375 e. The van der Waals surface area contributed by atoms with E-state index in [9.17, 15) is 19.2 Å². The third-order valence-electron chi connectivity index (χ3n) is 5.60. The molecule has 0 bridgehead atoms. The molecule has 0 fully saturated rings. The third-order valence-corrected chi connectivity index (χ3v) is 5.60. The second kappa shape index (κ2) is 16.4. The van der Waals surface area contributed by atoms with Crippen LogP contribution >= 0.6 is 0 Å². The van der Waals surface area contributed by atoms with Crippen LogP contribution in [0.1, 0.15) is 86.5 Å². The fourth-order valence-electron chi connectivity index (χ4n) is 3.17. The van der Waals surface area contributed by atoms with Crippen LogP contribution in [0.15, 0.2) is 0 Å². The van der Waals surface area contributed by atoms with E-state index in [-0.39, 0.29) is 24.3 Å². The van der Waals surface area contributed by atoms with Gasteiger partial charge in [0.15, 0.2) is 0 Å². The van der Waals surface area contributed by atoms with Crippen molar-refractivity contribution in [3.8, 4) is 0 Å². The molecule has 0 radical (unpaired) electrons. The van der Waals surface area contributed by atoms with Gasteiger partial charge in [-0.1, -0.05) is 20.3 Å². The third kappa shape index (κ3) is 16.9. The van der Waals surface area contributed by atoms with Crippen molar-refractivity contribution in [1.82, 2.24) is 16.1 Å². The van der Waals surface area contributed by atoms with E-state index < -0.39 is 29.1 Å². The van der Waals surface area contributed by atoms with Crippen molar-refractivity contribution in [2.45, 2.75) is 104 Å². The zero-order valence-corrected chi connectivity index (χ0v) is 22.3. The van der Waals surface area contributed by atoms with Crippen LogP contribution in [0.2, 0.25) is 0 Å². The fourth-order valence-corrected chi connectivity index (χ4v) is 3.17. The molecule has 0 aliphatic heterocycles. The topological polar surface area (TPSA) is 175 Å². The van der Waals surface area contributed by atoms with Gasteiger partial charge in [0.25, 0.3) is 0 Å². The first-order valence-corrected chi connectivity index (χ1v) is 12.3. The largest absolute Gasteiger partial charge is 0.375 e. The van der Waals surface area contributed by atoms with Gasteiger partial charge in [-0.05, 0) is 59.3 Å². The fraction of sp³-hybridized carbons (Fsp3) is 0.833. The standard InChI is InChI=1S/C24H47N5O6/c1-17(2)21(22(25)33)28-20(32)16-35-24(5,6)13-15-34-23(3,4)12-14-27-18(30)10-8-7-9-11-19(31)29-26/h17,21H,7-16,26H2,1-6H3,(H2,25,33)(H,27,30)(H,28,32)(H,29,31)/t21-/m0/s1. The minimum absolute atomic E-state index is 0.0204. The minimum atomic E-state index is -0.733. The summed E-state index contributed by atoms with van der Waals surface area (Å²) in [6.45, 7) is 12.0. The number of carbonyl (C=O) groups is 4. The molecule has 0 saturated heterocycles. The lowest BCUT2D eigenvalue weighted by Crippen LogP contribution is -2.49. The number of unbranched alkanes of at least 4 members (excludes halogenated alkanes) is 2. The van der Waals surface area contributed by atoms with Gasteiger partial charge in [0.05, 0.1) is 17.8 Å². The molecule has 0 unspecified atom stereocenters. The van der Waals surface area contributed by atoms with Gasteiger partial charge in [0.2, 0.25) is 23.6 Å². The van der Waals surface area contributed by atoms with E-state index in [2.05, 4.69) is 16.1 Å². The predicted molar refractivity (Wildman–Crippen MR) is 134 cm³/mol. The summed E-state index contributed by atoms with van der Waals surface area (Å²) in [5.41, 5.74) is 6.36. The number of ether oxygens (including phenoxy) is 2. The van der Waals surface area contributed by atoms with Crippen molar-refractivity contribution in [3.63, 3.8) is 0 Å². The Kier molecular flexibility index (Phi) is 15.4. The van der Waals surface area contributed by atoms with Gasteiger partial charge in [0.1, 0.15) is 12.6 Å². The first kappa shape index (κ1) is 32.8. The van der Waals surface area contributed by atoms with E-state index in [1.165, 1.54) is 0 Å². The Balaban J connectivity index is 4.14. The van der Waals surface area contributed by atoms with Crippen molar-refractivity contribution in [3.05, 3.63) is 0 Å². The zero-order valence-electron chi connectivity index (χ0n) is 22.3. The number of rotatable bonds is 19. The van der Waals surface area contributed by atoms with Crippen molar-refractivity contribution >= 4 is 23.6 Å². The van der Waals surface area contributed by atoms with Crippen LogP contribution < -0.4 is 27.6 Å². The molecule has 0 saturated carbocycles. The molecule has 0 spiro atoms. The SMILES string of the molecule is CC(C)[C@H](NC(=O)COC(C)(C)CCOC(C)(C)CCNC(=O)CCCCCC(=O)NN)C(N)=O. The van der Waals surface area contributed by atoms with Crippen LogP contribution in [0.25, 0.3) is 0 Å². The highest BCUT2D eigenvalue weighted by atomic mass is 16.5. The molecule has 4 amide bonds. The molecule has 204 valence electrons. The molecule has 7 N–H and O–H groups in total. The molecular weight excluding hydrogens is 454 g/mol. The molecular formula is C24H47N5O6. The lowest BCUT2D eigenvalue weighted by atomic mass is 10.0. The monoisotopic (exact) mass is 501 g/mol. The maximum Gasteiger partial charge on any atom is 0.246 e. The summed E-state index contributed by atoms with van der Waals surface area (Å²) in [7, 11) is 0. The maximum absolute atomic E-state index is 12.1. The molecule has 0 aromatic heterocycles. The number of nitrogens with two attached hydrogens (primary N) is 2. The molecule has 35 heavy (non-hydrogen) atoms. The smallest absolute Gasteiger partial charge is 0.246 e. The lowest BCUT2D eigenvalue weighted by molar-refractivity contribution is -0.137. The van der Waals surface area contributed by atoms with Gasteiger partial charge in [-0.2, -0.15) is 0 Å². The highest BCUT2D eigenvalue weighted by Gasteiger charge is 2.26. The van der Waals surface area contributed by atoms with Gasteiger partial charge >= 0.3 is 0 Å². The molecule has 0 rings (SSSR count). The highest BCUT2D eigenvalue weighted by molar-refractivity contribution is 5.87. The Morgan fingerprint density at radius 2 is 1.40 bits per heavy atom. The van der Waals surface area contributed by atoms with Gasteiger partial charge in [-0.3, -0.25) is 24.6 Å². The number of hydrazine groups is 1. The van der Waals surface area contributed by atoms with E-state index in [0.29, 0.717) is 45.3 Å². The summed E-state index contributed by atoms with van der Waals surface area (Å²) in [5, 5.41) is 5.50. The molecule has 0 aromatic carbocycles. The van der Waals surface area contributed by atoms with Crippen LogP contribution in [0.5, 0.6) is 0 Å². The number of hydrogen-bond donors (Lipinski definition) is 5. The van der Waals surface area contributed by atoms with E-state index >= 15 is 0 Å². The number of amides is 4. The zero-order chi connectivity index (χ0) is 27.1. The van der Waals surface area contributed by atoms with Gasteiger partial charge in [-0.25, -0.2) is 5.84 Å². The predicted octanol–water partition coefficient (Wildman–Crippen LogP) is 1.04. The van der Waals surface area contributed by atoms with E-state index in [4.69, 9.17) is 21.1 Å². The molecule has 11 nitrogen and oxygen atoms in total. The van der Waals surface area contributed by atoms with Crippen LogP contribution in [-0.4, -0.2) is 60.6 Å². The maximum atomic E-state index is 12.1. The van der Waals surface area contributed by atoms with Crippen molar-refractivity contribution in [2.24, 2.45) is 17.5 Å². The number of carbonyl (C=O) groups excluding carboxylic acids is 4. The summed E-state index contributed by atoms with van der Waals surface area (Å²) in [6.07, 6.45) is 4.20. The highest BCUT2D eigenvalue weighted by Crippen LogP contribution is 2.19. The average molecular weight is 502 g/mol. The Morgan fingerprint density at radius 1 is 0.829 bits per heavy atom. The van der Waals surface area contributed by atoms with E-state index in [0.717, 1.165) is 12.8 Å². The summed E-state index contributed by atoms with van der Waals surface area (Å²) in [6, 6.07) is -0.733. The second-order valence-corrected chi connectivity index (χ2v) is 10.3. The van der Waals surface area contributed by atoms with Crippen molar-refractivity contribution in [2.75, 3.05) is 19.8 Å². The van der Waals surface area contributed by atoms with Gasteiger partial charge < -0.3 is 25.8 Å².